The number of rotatable bonds is 10. The van der Waals surface area contributed by atoms with Crippen LogP contribution in [0, 0.1) is 0 Å². The van der Waals surface area contributed by atoms with Gasteiger partial charge < -0.3 is 30.0 Å². The van der Waals surface area contributed by atoms with E-state index in [1.165, 1.54) is 27.4 Å². The Balaban J connectivity index is 0.00000450. The van der Waals surface area contributed by atoms with E-state index in [1.807, 2.05) is 12.1 Å². The summed E-state index contributed by atoms with van der Waals surface area (Å²) in [6.07, 6.45) is 1.18. The minimum atomic E-state index is -3.01. The molecule has 0 aliphatic rings. The van der Waals surface area contributed by atoms with Gasteiger partial charge in [0.25, 0.3) is 0 Å². The SMILES string of the molecule is COc1cc(CCc2ccc(OC(F)F)c(NC(=O)CN)c2)cc(OC)c1OC.Cl. The molecule has 0 unspecified atom stereocenters. The van der Waals surface area contributed by atoms with Crippen LogP contribution in [0.2, 0.25) is 0 Å². The van der Waals surface area contributed by atoms with Crippen molar-refractivity contribution in [3.05, 3.63) is 41.5 Å². The molecule has 0 saturated heterocycles. The molecule has 0 radical (unpaired) electrons. The van der Waals surface area contributed by atoms with Crippen LogP contribution in [-0.2, 0) is 17.6 Å². The van der Waals surface area contributed by atoms with Crippen LogP contribution in [0.15, 0.2) is 30.3 Å². The van der Waals surface area contributed by atoms with E-state index < -0.39 is 12.5 Å². The molecular formula is C20H25ClF2N2O5. The molecule has 0 atom stereocenters. The summed E-state index contributed by atoms with van der Waals surface area (Å²) in [4.78, 5) is 11.6. The number of ether oxygens (including phenoxy) is 4. The number of nitrogens with one attached hydrogen (secondary N) is 1. The number of amides is 1. The van der Waals surface area contributed by atoms with Gasteiger partial charge in [-0.25, -0.2) is 0 Å². The first kappa shape index (κ1) is 25.3. The van der Waals surface area contributed by atoms with Gasteiger partial charge in [-0.1, -0.05) is 6.07 Å². The Kier molecular flexibility index (Phi) is 10.1. The molecule has 0 aliphatic carbocycles. The summed E-state index contributed by atoms with van der Waals surface area (Å²) in [7, 11) is 4.60. The maximum atomic E-state index is 12.6. The van der Waals surface area contributed by atoms with Crippen LogP contribution < -0.4 is 30.0 Å². The summed E-state index contributed by atoms with van der Waals surface area (Å²) in [6.45, 7) is -3.28. The molecule has 0 spiro atoms. The minimum absolute atomic E-state index is 0. The van der Waals surface area contributed by atoms with Crippen molar-refractivity contribution in [2.45, 2.75) is 19.5 Å². The van der Waals surface area contributed by atoms with Crippen LogP contribution in [0.3, 0.4) is 0 Å². The second kappa shape index (κ2) is 12.0. The monoisotopic (exact) mass is 446 g/mol. The Hall–Kier alpha value is -2.78. The van der Waals surface area contributed by atoms with Crippen LogP contribution in [-0.4, -0.2) is 40.4 Å². The fourth-order valence-corrected chi connectivity index (χ4v) is 2.80. The van der Waals surface area contributed by atoms with Gasteiger partial charge in [-0.3, -0.25) is 4.79 Å². The third-order valence-corrected chi connectivity index (χ3v) is 4.15. The minimum Gasteiger partial charge on any atom is -0.493 e. The zero-order valence-corrected chi connectivity index (χ0v) is 17.7. The highest BCUT2D eigenvalue weighted by molar-refractivity contribution is 5.93. The molecular weight excluding hydrogens is 422 g/mol. The van der Waals surface area contributed by atoms with E-state index in [1.54, 1.807) is 12.1 Å². The average molecular weight is 447 g/mol. The molecule has 0 bridgehead atoms. The smallest absolute Gasteiger partial charge is 0.387 e. The summed E-state index contributed by atoms with van der Waals surface area (Å²) in [6, 6.07) is 8.32. The molecule has 0 aromatic heterocycles. The largest absolute Gasteiger partial charge is 0.493 e. The van der Waals surface area contributed by atoms with Crippen LogP contribution >= 0.6 is 12.4 Å². The van der Waals surface area contributed by atoms with E-state index >= 15 is 0 Å². The number of methoxy groups -OCH3 is 3. The van der Waals surface area contributed by atoms with Gasteiger partial charge in [-0.2, -0.15) is 8.78 Å². The van der Waals surface area contributed by atoms with Gasteiger partial charge in [0.05, 0.1) is 33.6 Å². The van der Waals surface area contributed by atoms with Crippen molar-refractivity contribution in [3.63, 3.8) is 0 Å². The van der Waals surface area contributed by atoms with Gasteiger partial charge in [-0.05, 0) is 48.2 Å². The van der Waals surface area contributed by atoms with E-state index in [0.29, 0.717) is 30.1 Å². The third-order valence-electron chi connectivity index (χ3n) is 4.15. The van der Waals surface area contributed by atoms with E-state index in [9.17, 15) is 13.6 Å². The van der Waals surface area contributed by atoms with Gasteiger partial charge in [0.2, 0.25) is 11.7 Å². The van der Waals surface area contributed by atoms with Crippen LogP contribution in [0.1, 0.15) is 11.1 Å². The van der Waals surface area contributed by atoms with Gasteiger partial charge >= 0.3 is 6.61 Å². The Labute approximate surface area is 179 Å². The fourth-order valence-electron chi connectivity index (χ4n) is 2.80. The van der Waals surface area contributed by atoms with Crippen LogP contribution in [0.5, 0.6) is 23.0 Å². The zero-order valence-electron chi connectivity index (χ0n) is 16.9. The first-order valence-electron chi connectivity index (χ1n) is 8.78. The number of hydrogen-bond acceptors (Lipinski definition) is 6. The number of benzene rings is 2. The zero-order chi connectivity index (χ0) is 21.4. The van der Waals surface area contributed by atoms with Crippen LogP contribution in [0.25, 0.3) is 0 Å². The number of anilines is 1. The number of hydrogen-bond donors (Lipinski definition) is 2. The number of alkyl halides is 2. The number of aryl methyl sites for hydroxylation is 2. The maximum absolute atomic E-state index is 12.6. The predicted molar refractivity (Wildman–Crippen MR) is 112 cm³/mol. The first-order chi connectivity index (χ1) is 13.9. The summed E-state index contributed by atoms with van der Waals surface area (Å²) in [5.74, 6) is 0.945. The van der Waals surface area contributed by atoms with Crippen molar-refractivity contribution < 1.29 is 32.5 Å². The van der Waals surface area contributed by atoms with Crippen molar-refractivity contribution in [2.75, 3.05) is 33.2 Å². The summed E-state index contributed by atoms with van der Waals surface area (Å²) in [5.41, 5.74) is 7.17. The number of carbonyl (C=O) groups excluding carboxylic acids is 1. The van der Waals surface area contributed by atoms with E-state index in [-0.39, 0.29) is 30.4 Å². The number of halogens is 3. The van der Waals surface area contributed by atoms with Gasteiger partial charge in [0, 0.05) is 0 Å². The fraction of sp³-hybridized carbons (Fsp3) is 0.350. The molecule has 7 nitrogen and oxygen atoms in total. The summed E-state index contributed by atoms with van der Waals surface area (Å²) < 4.78 is 45.7. The maximum Gasteiger partial charge on any atom is 0.387 e. The highest BCUT2D eigenvalue weighted by Crippen LogP contribution is 2.38. The molecule has 166 valence electrons. The lowest BCUT2D eigenvalue weighted by atomic mass is 10.0. The molecule has 0 fully saturated rings. The highest BCUT2D eigenvalue weighted by atomic mass is 35.5. The second-order valence-electron chi connectivity index (χ2n) is 5.99. The normalized spacial score (nSPS) is 10.2. The molecule has 3 N–H and O–H groups in total. The molecule has 0 aliphatic heterocycles. The second-order valence-corrected chi connectivity index (χ2v) is 5.99. The summed E-state index contributed by atoms with van der Waals surface area (Å²) >= 11 is 0. The topological polar surface area (TPSA) is 92.0 Å². The summed E-state index contributed by atoms with van der Waals surface area (Å²) in [5, 5.41) is 2.48. The van der Waals surface area contributed by atoms with E-state index in [4.69, 9.17) is 19.9 Å². The highest BCUT2D eigenvalue weighted by Gasteiger charge is 2.15. The first-order valence-corrected chi connectivity index (χ1v) is 8.78. The standard InChI is InChI=1S/C20H24F2N2O5.ClH/c1-26-16-9-13(10-17(27-2)19(16)28-3)5-4-12-6-7-15(29-20(21)22)14(8-12)24-18(25)11-23;/h6-10,20H,4-5,11,23H2,1-3H3,(H,24,25);1H. The van der Waals surface area contributed by atoms with Crippen molar-refractivity contribution in [3.8, 4) is 23.0 Å². The van der Waals surface area contributed by atoms with E-state index in [2.05, 4.69) is 10.1 Å². The molecule has 30 heavy (non-hydrogen) atoms. The molecule has 2 aromatic rings. The lowest BCUT2D eigenvalue weighted by Crippen LogP contribution is -2.22. The molecule has 2 rings (SSSR count). The van der Waals surface area contributed by atoms with Crippen molar-refractivity contribution in [1.29, 1.82) is 0 Å². The molecule has 2 aromatic carbocycles. The molecule has 1 amide bonds. The van der Waals surface area contributed by atoms with Crippen molar-refractivity contribution in [2.24, 2.45) is 5.73 Å². The van der Waals surface area contributed by atoms with Gasteiger partial charge in [-0.15, -0.1) is 12.4 Å². The quantitative estimate of drug-likeness (QED) is 0.581. The number of carbonyl (C=O) groups is 1. The van der Waals surface area contributed by atoms with Gasteiger partial charge in [0.15, 0.2) is 11.5 Å². The molecule has 0 heterocycles. The Bertz CT molecular complexity index is 827. The lowest BCUT2D eigenvalue weighted by Gasteiger charge is -2.15. The predicted octanol–water partition coefficient (Wildman–Crippen LogP) is 3.42. The molecule has 10 heteroatoms. The third kappa shape index (κ3) is 6.64. The lowest BCUT2D eigenvalue weighted by molar-refractivity contribution is -0.115. The van der Waals surface area contributed by atoms with Crippen molar-refractivity contribution in [1.82, 2.24) is 0 Å². The van der Waals surface area contributed by atoms with E-state index in [0.717, 1.165) is 11.1 Å². The average Bonchev–Trinajstić information content (AvgIpc) is 2.72. The Morgan fingerprint density at radius 1 is 0.967 bits per heavy atom. The Morgan fingerprint density at radius 3 is 2.07 bits per heavy atom. The number of nitrogens with two attached hydrogens (primary N) is 1. The molecule has 0 saturated carbocycles. The van der Waals surface area contributed by atoms with Crippen LogP contribution in [0.4, 0.5) is 14.5 Å². The van der Waals surface area contributed by atoms with Crippen molar-refractivity contribution >= 4 is 24.0 Å². The van der Waals surface area contributed by atoms with Gasteiger partial charge in [0.1, 0.15) is 5.75 Å². The Morgan fingerprint density at radius 2 is 1.57 bits per heavy atom.